The maximum Gasteiger partial charge on any atom is 0.151 e. The van der Waals surface area contributed by atoms with E-state index in [9.17, 15) is 8.42 Å². The third kappa shape index (κ3) is 1.98. The molecule has 0 spiro atoms. The Balaban J connectivity index is 2.05. The summed E-state index contributed by atoms with van der Waals surface area (Å²) in [5.74, 6) is 1.40. The summed E-state index contributed by atoms with van der Waals surface area (Å²) in [5.41, 5.74) is 0. The minimum Gasteiger partial charge on any atom is -0.313 e. The molecule has 3 nitrogen and oxygen atoms in total. The third-order valence-electron chi connectivity index (χ3n) is 2.66. The lowest BCUT2D eigenvalue weighted by Crippen LogP contribution is -2.35. The molecular formula is C8H15NO2S. The average Bonchev–Trinajstić information content (AvgIpc) is 2.73. The van der Waals surface area contributed by atoms with Crippen LogP contribution in [0.25, 0.3) is 0 Å². The maximum atomic E-state index is 11.4. The summed E-state index contributed by atoms with van der Waals surface area (Å²) in [5, 5.41) is 3.32. The topological polar surface area (TPSA) is 46.2 Å². The fraction of sp³-hybridized carbons (Fsp3) is 1.00. The van der Waals surface area contributed by atoms with Crippen molar-refractivity contribution < 1.29 is 8.42 Å². The molecule has 1 unspecified atom stereocenters. The van der Waals surface area contributed by atoms with Gasteiger partial charge in [-0.2, -0.15) is 0 Å². The van der Waals surface area contributed by atoms with Crippen molar-refractivity contribution >= 4 is 9.84 Å². The molecule has 70 valence electrons. The molecule has 1 N–H and O–H groups in total. The minimum absolute atomic E-state index is 0.262. The molecule has 1 aliphatic carbocycles. The van der Waals surface area contributed by atoms with Gasteiger partial charge in [0.05, 0.1) is 11.5 Å². The van der Waals surface area contributed by atoms with Crippen molar-refractivity contribution in [2.24, 2.45) is 5.92 Å². The zero-order valence-electron chi connectivity index (χ0n) is 7.12. The van der Waals surface area contributed by atoms with Crippen LogP contribution in [0.3, 0.4) is 0 Å². The molecule has 0 amide bonds. The van der Waals surface area contributed by atoms with Crippen molar-refractivity contribution in [2.75, 3.05) is 18.1 Å². The van der Waals surface area contributed by atoms with Crippen molar-refractivity contribution in [3.63, 3.8) is 0 Å². The van der Waals surface area contributed by atoms with Gasteiger partial charge in [-0.15, -0.1) is 0 Å². The predicted molar refractivity (Wildman–Crippen MR) is 47.8 cm³/mol. The highest BCUT2D eigenvalue weighted by Crippen LogP contribution is 2.33. The van der Waals surface area contributed by atoms with Gasteiger partial charge in [-0.05, 0) is 31.7 Å². The quantitative estimate of drug-likeness (QED) is 0.640. The van der Waals surface area contributed by atoms with Crippen molar-refractivity contribution in [2.45, 2.75) is 25.3 Å². The monoisotopic (exact) mass is 189 g/mol. The first-order chi connectivity index (χ1) is 5.67. The maximum absolute atomic E-state index is 11.4. The summed E-state index contributed by atoms with van der Waals surface area (Å²) in [6.07, 6.45) is 3.21. The van der Waals surface area contributed by atoms with Crippen LogP contribution in [-0.4, -0.2) is 32.5 Å². The van der Waals surface area contributed by atoms with Gasteiger partial charge >= 0.3 is 0 Å². The lowest BCUT2D eigenvalue weighted by molar-refractivity contribution is 0.505. The van der Waals surface area contributed by atoms with E-state index >= 15 is 0 Å². The van der Waals surface area contributed by atoms with E-state index in [2.05, 4.69) is 5.32 Å². The van der Waals surface area contributed by atoms with Crippen molar-refractivity contribution in [3.8, 4) is 0 Å². The summed E-state index contributed by atoms with van der Waals surface area (Å²) in [4.78, 5) is 0. The van der Waals surface area contributed by atoms with E-state index in [1.165, 1.54) is 12.8 Å². The lowest BCUT2D eigenvalue weighted by Gasteiger charge is -2.13. The molecule has 2 fully saturated rings. The second-order valence-electron chi connectivity index (χ2n) is 3.87. The summed E-state index contributed by atoms with van der Waals surface area (Å²) < 4.78 is 22.7. The predicted octanol–water partition coefficient (Wildman–Crippen LogP) is 0.173. The molecule has 0 aromatic carbocycles. The van der Waals surface area contributed by atoms with Gasteiger partial charge in [0, 0.05) is 6.04 Å². The highest BCUT2D eigenvalue weighted by atomic mass is 32.2. The third-order valence-corrected chi connectivity index (χ3v) is 4.44. The molecule has 1 aliphatic heterocycles. The van der Waals surface area contributed by atoms with Gasteiger partial charge in [0.15, 0.2) is 9.84 Å². The van der Waals surface area contributed by atoms with E-state index in [4.69, 9.17) is 0 Å². The second kappa shape index (κ2) is 3.00. The van der Waals surface area contributed by atoms with Crippen LogP contribution in [0.4, 0.5) is 0 Å². The Morgan fingerprint density at radius 3 is 2.67 bits per heavy atom. The Morgan fingerprint density at radius 1 is 1.25 bits per heavy atom. The second-order valence-corrected chi connectivity index (χ2v) is 6.09. The first-order valence-corrected chi connectivity index (χ1v) is 6.43. The van der Waals surface area contributed by atoms with Crippen LogP contribution in [0.1, 0.15) is 19.3 Å². The van der Waals surface area contributed by atoms with Gasteiger partial charge < -0.3 is 5.32 Å². The number of hydrogen-bond donors (Lipinski definition) is 1. The number of nitrogens with one attached hydrogen (secondary N) is 1. The zero-order valence-corrected chi connectivity index (χ0v) is 7.94. The molecule has 1 heterocycles. The number of sulfone groups is 1. The number of hydrogen-bond acceptors (Lipinski definition) is 3. The van der Waals surface area contributed by atoms with Crippen LogP contribution in [-0.2, 0) is 9.84 Å². The Kier molecular flexibility index (Phi) is 2.12. The molecule has 1 saturated heterocycles. The average molecular weight is 189 g/mol. The van der Waals surface area contributed by atoms with Gasteiger partial charge in [0.2, 0.25) is 0 Å². The van der Waals surface area contributed by atoms with Crippen LogP contribution in [0.5, 0.6) is 0 Å². The Bertz CT molecular complexity index is 256. The highest BCUT2D eigenvalue weighted by Gasteiger charge is 2.35. The zero-order chi connectivity index (χ0) is 8.60. The Hall–Kier alpha value is -0.0900. The SMILES string of the molecule is O=S1(=O)CCCNC(C2CC2)C1. The largest absolute Gasteiger partial charge is 0.313 e. The Labute approximate surface area is 73.5 Å². The van der Waals surface area contributed by atoms with E-state index in [-0.39, 0.29) is 6.04 Å². The van der Waals surface area contributed by atoms with Gasteiger partial charge in [-0.25, -0.2) is 8.42 Å². The van der Waals surface area contributed by atoms with E-state index < -0.39 is 9.84 Å². The smallest absolute Gasteiger partial charge is 0.151 e. The molecule has 0 aromatic heterocycles. The van der Waals surface area contributed by atoms with Crippen molar-refractivity contribution in [3.05, 3.63) is 0 Å². The number of rotatable bonds is 1. The molecule has 2 rings (SSSR count). The molecule has 0 radical (unpaired) electrons. The summed E-state index contributed by atoms with van der Waals surface area (Å²) in [6, 6.07) is 0.262. The molecular weight excluding hydrogens is 174 g/mol. The van der Waals surface area contributed by atoms with E-state index in [0.29, 0.717) is 17.4 Å². The van der Waals surface area contributed by atoms with Crippen molar-refractivity contribution in [1.29, 1.82) is 0 Å². The molecule has 1 atom stereocenters. The van der Waals surface area contributed by atoms with E-state index in [0.717, 1.165) is 13.0 Å². The first-order valence-electron chi connectivity index (χ1n) is 4.61. The van der Waals surface area contributed by atoms with Crippen LogP contribution in [0, 0.1) is 5.92 Å². The van der Waals surface area contributed by atoms with Gasteiger partial charge in [0.1, 0.15) is 0 Å². The summed E-state index contributed by atoms with van der Waals surface area (Å²) >= 11 is 0. The molecule has 4 heteroatoms. The van der Waals surface area contributed by atoms with E-state index in [1.54, 1.807) is 0 Å². The molecule has 2 aliphatic rings. The van der Waals surface area contributed by atoms with Crippen LogP contribution < -0.4 is 5.32 Å². The van der Waals surface area contributed by atoms with Gasteiger partial charge in [-0.1, -0.05) is 0 Å². The molecule has 0 bridgehead atoms. The normalized spacial score (nSPS) is 35.8. The molecule has 1 saturated carbocycles. The standard InChI is InChI=1S/C8H15NO2S/c10-12(11)5-1-4-9-8(6-12)7-2-3-7/h7-9H,1-6H2. The Morgan fingerprint density at radius 2 is 2.00 bits per heavy atom. The van der Waals surface area contributed by atoms with E-state index in [1.807, 2.05) is 0 Å². The van der Waals surface area contributed by atoms with Crippen LogP contribution in [0.15, 0.2) is 0 Å². The van der Waals surface area contributed by atoms with Gasteiger partial charge in [0.25, 0.3) is 0 Å². The highest BCUT2D eigenvalue weighted by molar-refractivity contribution is 7.91. The summed E-state index contributed by atoms with van der Waals surface area (Å²) in [7, 11) is -2.74. The van der Waals surface area contributed by atoms with Gasteiger partial charge in [-0.3, -0.25) is 0 Å². The first kappa shape index (κ1) is 8.51. The van der Waals surface area contributed by atoms with Crippen LogP contribution >= 0.6 is 0 Å². The summed E-state index contributed by atoms with van der Waals surface area (Å²) in [6.45, 7) is 0.875. The molecule has 12 heavy (non-hydrogen) atoms. The minimum atomic E-state index is -2.74. The fourth-order valence-electron chi connectivity index (χ4n) is 1.80. The lowest BCUT2D eigenvalue weighted by atomic mass is 10.2. The van der Waals surface area contributed by atoms with Crippen molar-refractivity contribution in [1.82, 2.24) is 5.32 Å². The van der Waals surface area contributed by atoms with Crippen LogP contribution in [0.2, 0.25) is 0 Å². The fourth-order valence-corrected chi connectivity index (χ4v) is 3.48. The molecule has 0 aromatic rings.